The standard InChI is InChI=1S/C15H16N2O4/c1-19-12-3-2-11-6-10(9-20-14(11)7-12)8-16-15(18)13-4-5-17-21-13/h2-5,7,10H,6,8-9H2,1H3,(H,16,18)/t10-/m0/s1. The summed E-state index contributed by atoms with van der Waals surface area (Å²) in [6.45, 7) is 1.10. The number of carbonyl (C=O) groups excluding carboxylic acids is 1. The Labute approximate surface area is 122 Å². The lowest BCUT2D eigenvalue weighted by Gasteiger charge is -2.25. The van der Waals surface area contributed by atoms with Gasteiger partial charge >= 0.3 is 0 Å². The van der Waals surface area contributed by atoms with Crippen LogP contribution in [-0.4, -0.2) is 31.3 Å². The Morgan fingerprint density at radius 3 is 3.14 bits per heavy atom. The first-order chi connectivity index (χ1) is 10.3. The predicted molar refractivity (Wildman–Crippen MR) is 74.5 cm³/mol. The van der Waals surface area contributed by atoms with Crippen molar-refractivity contribution >= 4 is 5.91 Å². The number of nitrogens with zero attached hydrogens (tertiary/aromatic N) is 1. The zero-order valence-electron chi connectivity index (χ0n) is 11.7. The number of amides is 1. The van der Waals surface area contributed by atoms with Crippen molar-refractivity contribution in [2.45, 2.75) is 6.42 Å². The van der Waals surface area contributed by atoms with Crippen LogP contribution in [0, 0.1) is 5.92 Å². The first-order valence-corrected chi connectivity index (χ1v) is 6.75. The first-order valence-electron chi connectivity index (χ1n) is 6.75. The zero-order chi connectivity index (χ0) is 14.7. The molecule has 0 unspecified atom stereocenters. The van der Waals surface area contributed by atoms with Gasteiger partial charge in [-0.15, -0.1) is 0 Å². The van der Waals surface area contributed by atoms with Crippen LogP contribution in [0.1, 0.15) is 16.1 Å². The molecule has 0 saturated carbocycles. The van der Waals surface area contributed by atoms with E-state index in [0.717, 1.165) is 23.5 Å². The van der Waals surface area contributed by atoms with E-state index in [1.54, 1.807) is 7.11 Å². The van der Waals surface area contributed by atoms with E-state index >= 15 is 0 Å². The zero-order valence-corrected chi connectivity index (χ0v) is 11.7. The van der Waals surface area contributed by atoms with E-state index in [1.165, 1.54) is 12.3 Å². The van der Waals surface area contributed by atoms with E-state index in [2.05, 4.69) is 10.5 Å². The highest BCUT2D eigenvalue weighted by Crippen LogP contribution is 2.30. The molecule has 1 N–H and O–H groups in total. The van der Waals surface area contributed by atoms with Crippen molar-refractivity contribution in [3.63, 3.8) is 0 Å². The molecule has 0 saturated heterocycles. The van der Waals surface area contributed by atoms with Gasteiger partial charge in [-0.05, 0) is 18.1 Å². The number of carbonyl (C=O) groups is 1. The van der Waals surface area contributed by atoms with Crippen LogP contribution in [0.4, 0.5) is 0 Å². The fraction of sp³-hybridized carbons (Fsp3) is 0.333. The molecule has 0 aliphatic carbocycles. The highest BCUT2D eigenvalue weighted by atomic mass is 16.5. The lowest BCUT2D eigenvalue weighted by Crippen LogP contribution is -2.34. The molecule has 2 aromatic rings. The van der Waals surface area contributed by atoms with Gasteiger partial charge in [0.2, 0.25) is 5.76 Å². The molecule has 1 aromatic carbocycles. The Morgan fingerprint density at radius 1 is 1.48 bits per heavy atom. The van der Waals surface area contributed by atoms with Crippen LogP contribution in [0.25, 0.3) is 0 Å². The molecule has 0 fully saturated rings. The van der Waals surface area contributed by atoms with Gasteiger partial charge in [0, 0.05) is 24.6 Å². The molecule has 21 heavy (non-hydrogen) atoms. The lowest BCUT2D eigenvalue weighted by atomic mass is 9.96. The molecule has 1 amide bonds. The lowest BCUT2D eigenvalue weighted by molar-refractivity contribution is 0.0902. The Morgan fingerprint density at radius 2 is 2.38 bits per heavy atom. The quantitative estimate of drug-likeness (QED) is 0.926. The number of aromatic nitrogens is 1. The molecule has 1 aromatic heterocycles. The fourth-order valence-corrected chi connectivity index (χ4v) is 2.33. The molecule has 2 heterocycles. The Hall–Kier alpha value is -2.50. The topological polar surface area (TPSA) is 73.6 Å². The third kappa shape index (κ3) is 2.99. The minimum atomic E-state index is -0.256. The number of nitrogens with one attached hydrogen (secondary N) is 1. The van der Waals surface area contributed by atoms with Crippen molar-refractivity contribution < 1.29 is 18.8 Å². The normalized spacial score (nSPS) is 16.7. The molecular formula is C15H16N2O4. The minimum Gasteiger partial charge on any atom is -0.497 e. The van der Waals surface area contributed by atoms with Gasteiger partial charge in [-0.2, -0.15) is 0 Å². The molecule has 0 radical (unpaired) electrons. The number of hydrogen-bond acceptors (Lipinski definition) is 5. The molecule has 1 aliphatic heterocycles. The van der Waals surface area contributed by atoms with E-state index in [-0.39, 0.29) is 17.6 Å². The summed E-state index contributed by atoms with van der Waals surface area (Å²) in [5, 5.41) is 6.34. The fourth-order valence-electron chi connectivity index (χ4n) is 2.33. The van der Waals surface area contributed by atoms with Gasteiger partial charge in [0.1, 0.15) is 11.5 Å². The maximum atomic E-state index is 11.8. The number of hydrogen-bond donors (Lipinski definition) is 1. The summed E-state index contributed by atoms with van der Waals surface area (Å²) in [5.74, 6) is 1.83. The molecule has 6 heteroatoms. The van der Waals surface area contributed by atoms with Crippen molar-refractivity contribution in [3.8, 4) is 11.5 Å². The van der Waals surface area contributed by atoms with Crippen molar-refractivity contribution in [2.24, 2.45) is 5.92 Å². The maximum Gasteiger partial charge on any atom is 0.289 e. The Bertz CT molecular complexity index is 625. The number of rotatable bonds is 4. The number of methoxy groups -OCH3 is 1. The van der Waals surface area contributed by atoms with Gasteiger partial charge in [0.15, 0.2) is 0 Å². The van der Waals surface area contributed by atoms with Gasteiger partial charge < -0.3 is 19.3 Å². The average Bonchev–Trinajstić information content (AvgIpc) is 3.06. The van der Waals surface area contributed by atoms with Crippen LogP contribution in [-0.2, 0) is 6.42 Å². The first kappa shape index (κ1) is 13.5. The van der Waals surface area contributed by atoms with E-state index in [9.17, 15) is 4.79 Å². The van der Waals surface area contributed by atoms with Gasteiger partial charge in [-0.3, -0.25) is 4.79 Å². The smallest absolute Gasteiger partial charge is 0.289 e. The van der Waals surface area contributed by atoms with E-state index in [1.807, 2.05) is 18.2 Å². The van der Waals surface area contributed by atoms with Gasteiger partial charge in [0.25, 0.3) is 5.91 Å². The molecule has 1 atom stereocenters. The summed E-state index contributed by atoms with van der Waals surface area (Å²) < 4.78 is 15.7. The number of fused-ring (bicyclic) bond motifs is 1. The molecule has 6 nitrogen and oxygen atoms in total. The highest BCUT2D eigenvalue weighted by molar-refractivity contribution is 5.91. The maximum absolute atomic E-state index is 11.8. The van der Waals surface area contributed by atoms with E-state index < -0.39 is 0 Å². The summed E-state index contributed by atoms with van der Waals surface area (Å²) in [6, 6.07) is 7.34. The molecular weight excluding hydrogens is 272 g/mol. The summed E-state index contributed by atoms with van der Waals surface area (Å²) in [6.07, 6.45) is 2.30. The summed E-state index contributed by atoms with van der Waals surface area (Å²) in [4.78, 5) is 11.8. The second-order valence-corrected chi connectivity index (χ2v) is 4.94. The summed E-state index contributed by atoms with van der Waals surface area (Å²) >= 11 is 0. The molecule has 0 spiro atoms. The third-order valence-corrected chi connectivity index (χ3v) is 3.47. The monoisotopic (exact) mass is 288 g/mol. The van der Waals surface area contributed by atoms with E-state index in [0.29, 0.717) is 13.2 Å². The van der Waals surface area contributed by atoms with Crippen molar-refractivity contribution in [1.29, 1.82) is 0 Å². The molecule has 0 bridgehead atoms. The van der Waals surface area contributed by atoms with Crippen LogP contribution in [0.5, 0.6) is 11.5 Å². The highest BCUT2D eigenvalue weighted by Gasteiger charge is 2.21. The third-order valence-electron chi connectivity index (χ3n) is 3.47. The average molecular weight is 288 g/mol. The molecule has 110 valence electrons. The summed E-state index contributed by atoms with van der Waals surface area (Å²) in [7, 11) is 1.63. The largest absolute Gasteiger partial charge is 0.497 e. The second kappa shape index (κ2) is 5.87. The van der Waals surface area contributed by atoms with Crippen LogP contribution in [0.3, 0.4) is 0 Å². The van der Waals surface area contributed by atoms with E-state index in [4.69, 9.17) is 14.0 Å². The van der Waals surface area contributed by atoms with Gasteiger partial charge in [-0.1, -0.05) is 11.2 Å². The molecule has 1 aliphatic rings. The Balaban J connectivity index is 1.58. The van der Waals surface area contributed by atoms with Crippen molar-refractivity contribution in [2.75, 3.05) is 20.3 Å². The van der Waals surface area contributed by atoms with Crippen LogP contribution in [0.15, 0.2) is 35.0 Å². The summed E-state index contributed by atoms with van der Waals surface area (Å²) in [5.41, 5.74) is 1.13. The van der Waals surface area contributed by atoms with Gasteiger partial charge in [0.05, 0.1) is 19.9 Å². The molecule has 3 rings (SSSR count). The van der Waals surface area contributed by atoms with Crippen molar-refractivity contribution in [1.82, 2.24) is 10.5 Å². The van der Waals surface area contributed by atoms with Crippen LogP contribution < -0.4 is 14.8 Å². The Kier molecular flexibility index (Phi) is 3.77. The number of benzene rings is 1. The van der Waals surface area contributed by atoms with Crippen LogP contribution >= 0.6 is 0 Å². The SMILES string of the molecule is COc1ccc2c(c1)OC[C@H](CNC(=O)c1ccno1)C2. The minimum absolute atomic E-state index is 0.219. The van der Waals surface area contributed by atoms with Crippen LogP contribution in [0.2, 0.25) is 0 Å². The predicted octanol–water partition coefficient (Wildman–Crippen LogP) is 1.66. The number of ether oxygens (including phenoxy) is 2. The second-order valence-electron chi connectivity index (χ2n) is 4.94. The van der Waals surface area contributed by atoms with Crippen molar-refractivity contribution in [3.05, 3.63) is 41.8 Å². The van der Waals surface area contributed by atoms with Gasteiger partial charge in [-0.25, -0.2) is 0 Å².